The van der Waals surface area contributed by atoms with Crippen molar-refractivity contribution in [1.82, 2.24) is 10.6 Å². The average molecular weight is 274 g/mol. The van der Waals surface area contributed by atoms with Crippen molar-refractivity contribution in [2.24, 2.45) is 0 Å². The van der Waals surface area contributed by atoms with Crippen LogP contribution in [0.1, 0.15) is 30.1 Å². The first-order valence-electron chi connectivity index (χ1n) is 7.19. The molecule has 2 N–H and O–H groups in total. The van der Waals surface area contributed by atoms with Gasteiger partial charge in [0.05, 0.1) is 6.61 Å². The summed E-state index contributed by atoms with van der Waals surface area (Å²) in [6, 6.07) is 7.33. The molecule has 0 spiro atoms. The first kappa shape index (κ1) is 14.6. The van der Waals surface area contributed by atoms with Gasteiger partial charge in [0.1, 0.15) is 5.75 Å². The van der Waals surface area contributed by atoms with Gasteiger partial charge in [-0.2, -0.15) is 0 Å². The fraction of sp³-hybridized carbons (Fsp3) is 0.438. The lowest BCUT2D eigenvalue weighted by atomic mass is 10.1. The quantitative estimate of drug-likeness (QED) is 0.781. The van der Waals surface area contributed by atoms with E-state index in [0.717, 1.165) is 31.7 Å². The molecule has 1 aliphatic rings. The van der Waals surface area contributed by atoms with E-state index in [0.29, 0.717) is 18.7 Å². The van der Waals surface area contributed by atoms with Crippen LogP contribution in [-0.4, -0.2) is 32.1 Å². The second-order valence-corrected chi connectivity index (χ2v) is 4.88. The zero-order valence-electron chi connectivity index (χ0n) is 11.9. The van der Waals surface area contributed by atoms with Crippen molar-refractivity contribution in [3.05, 3.63) is 41.5 Å². The summed E-state index contributed by atoms with van der Waals surface area (Å²) in [4.78, 5) is 12.1. The van der Waals surface area contributed by atoms with Crippen LogP contribution >= 0.6 is 0 Å². The van der Waals surface area contributed by atoms with Crippen LogP contribution in [0.3, 0.4) is 0 Å². The second-order valence-electron chi connectivity index (χ2n) is 4.88. The van der Waals surface area contributed by atoms with Crippen LogP contribution in [0.15, 0.2) is 35.9 Å². The molecule has 0 unspecified atom stereocenters. The minimum absolute atomic E-state index is 0.0496. The Bertz CT molecular complexity index is 483. The normalized spacial score (nSPS) is 14.6. The molecule has 0 saturated heterocycles. The number of carbonyl (C=O) groups is 1. The number of benzene rings is 1. The molecule has 0 radical (unpaired) electrons. The summed E-state index contributed by atoms with van der Waals surface area (Å²) in [5.74, 6) is 0.701. The molecule has 0 saturated carbocycles. The molecule has 0 atom stereocenters. The van der Waals surface area contributed by atoms with Gasteiger partial charge in [0.15, 0.2) is 0 Å². The average Bonchev–Trinajstić information content (AvgIpc) is 2.52. The molecular weight excluding hydrogens is 252 g/mol. The zero-order valence-corrected chi connectivity index (χ0v) is 11.9. The van der Waals surface area contributed by atoms with Crippen molar-refractivity contribution < 1.29 is 9.53 Å². The number of amides is 1. The van der Waals surface area contributed by atoms with Crippen molar-refractivity contribution in [1.29, 1.82) is 0 Å². The molecule has 4 heteroatoms. The van der Waals surface area contributed by atoms with E-state index in [-0.39, 0.29) is 5.91 Å². The maximum atomic E-state index is 12.1. The van der Waals surface area contributed by atoms with Gasteiger partial charge in [-0.05, 0) is 37.6 Å². The van der Waals surface area contributed by atoms with E-state index < -0.39 is 0 Å². The van der Waals surface area contributed by atoms with Crippen molar-refractivity contribution >= 4 is 5.91 Å². The molecule has 1 aromatic carbocycles. The lowest BCUT2D eigenvalue weighted by molar-refractivity contribution is 0.0956. The SMILES string of the molecule is CCCOc1cccc(C(=O)NCC2=CCNCC2)c1. The van der Waals surface area contributed by atoms with E-state index in [1.807, 2.05) is 18.2 Å². The predicted octanol–water partition coefficient (Wildman–Crippen LogP) is 2.12. The molecule has 1 amide bonds. The van der Waals surface area contributed by atoms with Crippen LogP contribution in [0.5, 0.6) is 5.75 Å². The molecule has 1 aromatic rings. The van der Waals surface area contributed by atoms with Crippen molar-refractivity contribution in [3.8, 4) is 5.75 Å². The van der Waals surface area contributed by atoms with E-state index in [2.05, 4.69) is 23.6 Å². The summed E-state index contributed by atoms with van der Waals surface area (Å²) < 4.78 is 5.54. The largest absolute Gasteiger partial charge is 0.494 e. The first-order valence-corrected chi connectivity index (χ1v) is 7.19. The van der Waals surface area contributed by atoms with Crippen LogP contribution < -0.4 is 15.4 Å². The molecule has 20 heavy (non-hydrogen) atoms. The number of nitrogens with one attached hydrogen (secondary N) is 2. The lowest BCUT2D eigenvalue weighted by Crippen LogP contribution is -2.29. The topological polar surface area (TPSA) is 50.4 Å². The fourth-order valence-electron chi connectivity index (χ4n) is 2.07. The van der Waals surface area contributed by atoms with Crippen molar-refractivity contribution in [3.63, 3.8) is 0 Å². The highest BCUT2D eigenvalue weighted by atomic mass is 16.5. The monoisotopic (exact) mass is 274 g/mol. The van der Waals surface area contributed by atoms with Gasteiger partial charge >= 0.3 is 0 Å². The number of rotatable bonds is 6. The molecule has 4 nitrogen and oxygen atoms in total. The predicted molar refractivity (Wildman–Crippen MR) is 80.1 cm³/mol. The van der Waals surface area contributed by atoms with Gasteiger partial charge in [-0.15, -0.1) is 0 Å². The third kappa shape index (κ3) is 4.38. The third-order valence-electron chi connectivity index (χ3n) is 3.20. The summed E-state index contributed by atoms with van der Waals surface area (Å²) in [5, 5.41) is 6.22. The van der Waals surface area contributed by atoms with Crippen LogP contribution in [-0.2, 0) is 0 Å². The summed E-state index contributed by atoms with van der Waals surface area (Å²) >= 11 is 0. The van der Waals surface area contributed by atoms with Crippen LogP contribution in [0.25, 0.3) is 0 Å². The van der Waals surface area contributed by atoms with E-state index in [1.165, 1.54) is 5.57 Å². The Morgan fingerprint density at radius 1 is 1.45 bits per heavy atom. The fourth-order valence-corrected chi connectivity index (χ4v) is 2.07. The van der Waals surface area contributed by atoms with Crippen LogP contribution in [0.2, 0.25) is 0 Å². The maximum absolute atomic E-state index is 12.1. The standard InChI is InChI=1S/C16H22N2O2/c1-2-10-20-15-5-3-4-14(11-15)16(19)18-12-13-6-8-17-9-7-13/h3-6,11,17H,2,7-10,12H2,1H3,(H,18,19). The Hall–Kier alpha value is -1.81. The number of ether oxygens (including phenoxy) is 1. The highest BCUT2D eigenvalue weighted by molar-refractivity contribution is 5.94. The highest BCUT2D eigenvalue weighted by Crippen LogP contribution is 2.13. The summed E-state index contributed by atoms with van der Waals surface area (Å²) in [6.45, 7) is 5.24. The van der Waals surface area contributed by atoms with Gasteiger partial charge in [0.25, 0.3) is 5.91 Å². The van der Waals surface area contributed by atoms with Crippen molar-refractivity contribution in [2.45, 2.75) is 19.8 Å². The first-order chi connectivity index (χ1) is 9.79. The molecular formula is C16H22N2O2. The number of carbonyl (C=O) groups excluding carboxylic acids is 1. The Kier molecular flexibility index (Phi) is 5.62. The van der Waals surface area contributed by atoms with Crippen molar-refractivity contribution in [2.75, 3.05) is 26.2 Å². The molecule has 0 aliphatic carbocycles. The Labute approximate surface area is 120 Å². The Balaban J connectivity index is 1.89. The zero-order chi connectivity index (χ0) is 14.2. The summed E-state index contributed by atoms with van der Waals surface area (Å²) in [7, 11) is 0. The van der Waals surface area contributed by atoms with E-state index in [9.17, 15) is 4.79 Å². The van der Waals surface area contributed by atoms with Gasteiger partial charge in [-0.1, -0.05) is 24.6 Å². The highest BCUT2D eigenvalue weighted by Gasteiger charge is 2.08. The van der Waals surface area contributed by atoms with E-state index in [1.54, 1.807) is 6.07 Å². The number of hydrogen-bond donors (Lipinski definition) is 2. The molecule has 0 aromatic heterocycles. The smallest absolute Gasteiger partial charge is 0.251 e. The molecule has 1 aliphatic heterocycles. The Morgan fingerprint density at radius 2 is 2.35 bits per heavy atom. The van der Waals surface area contributed by atoms with Gasteiger partial charge < -0.3 is 15.4 Å². The summed E-state index contributed by atoms with van der Waals surface area (Å²) in [6.07, 6.45) is 4.10. The maximum Gasteiger partial charge on any atom is 0.251 e. The molecule has 108 valence electrons. The lowest BCUT2D eigenvalue weighted by Gasteiger charge is -2.14. The molecule has 0 fully saturated rings. The van der Waals surface area contributed by atoms with Gasteiger partial charge in [0, 0.05) is 18.7 Å². The minimum Gasteiger partial charge on any atom is -0.494 e. The van der Waals surface area contributed by atoms with E-state index in [4.69, 9.17) is 4.74 Å². The molecule has 0 bridgehead atoms. The minimum atomic E-state index is -0.0496. The van der Waals surface area contributed by atoms with Gasteiger partial charge in [-0.25, -0.2) is 0 Å². The Morgan fingerprint density at radius 3 is 3.10 bits per heavy atom. The molecule has 1 heterocycles. The summed E-state index contributed by atoms with van der Waals surface area (Å²) in [5.41, 5.74) is 1.93. The third-order valence-corrected chi connectivity index (χ3v) is 3.20. The van der Waals surface area contributed by atoms with Crippen LogP contribution in [0.4, 0.5) is 0 Å². The second kappa shape index (κ2) is 7.70. The number of hydrogen-bond acceptors (Lipinski definition) is 3. The van der Waals surface area contributed by atoms with Gasteiger partial charge in [0.2, 0.25) is 0 Å². The van der Waals surface area contributed by atoms with E-state index >= 15 is 0 Å². The van der Waals surface area contributed by atoms with Crippen LogP contribution in [0, 0.1) is 0 Å². The van der Waals surface area contributed by atoms with Gasteiger partial charge in [-0.3, -0.25) is 4.79 Å². The molecule has 2 rings (SSSR count).